The number of carbonyl (C=O) groups is 1. The number of hydrogen-bond donors (Lipinski definition) is 2. The van der Waals surface area contributed by atoms with E-state index >= 15 is 0 Å². The third-order valence-electron chi connectivity index (χ3n) is 2.75. The molecule has 0 saturated carbocycles. The van der Waals surface area contributed by atoms with Crippen LogP contribution in [0.1, 0.15) is 49.2 Å². The summed E-state index contributed by atoms with van der Waals surface area (Å²) in [7, 11) is 0. The highest BCUT2D eigenvalue weighted by Crippen LogP contribution is 2.32. The molecule has 3 nitrogen and oxygen atoms in total. The molecule has 0 bridgehead atoms. The number of aromatic hydroxyl groups is 1. The molecule has 0 unspecified atom stereocenters. The fourth-order valence-electron chi connectivity index (χ4n) is 1.94. The lowest BCUT2D eigenvalue weighted by molar-refractivity contribution is 0.0696. The molecular weight excluding hydrogens is 264 g/mol. The molecule has 0 aliphatic carbocycles. The van der Waals surface area contributed by atoms with Gasteiger partial charge in [-0.1, -0.05) is 64.1 Å². The minimum atomic E-state index is -1.07. The van der Waals surface area contributed by atoms with Gasteiger partial charge in [0, 0.05) is 5.39 Å². The van der Waals surface area contributed by atoms with Crippen molar-refractivity contribution in [3.8, 4) is 5.75 Å². The third kappa shape index (κ3) is 4.09. The molecule has 0 fully saturated rings. The summed E-state index contributed by atoms with van der Waals surface area (Å²) in [5.74, 6) is -1.10. The molecule has 21 heavy (non-hydrogen) atoms. The zero-order chi connectivity index (χ0) is 16.6. The van der Waals surface area contributed by atoms with Gasteiger partial charge in [-0.3, -0.25) is 0 Å². The Bertz CT molecular complexity index is 628. The van der Waals surface area contributed by atoms with Crippen molar-refractivity contribution in [2.45, 2.75) is 34.6 Å². The Morgan fingerprint density at radius 3 is 2.14 bits per heavy atom. The second-order valence-electron chi connectivity index (χ2n) is 3.92. The molecule has 0 amide bonds. The van der Waals surface area contributed by atoms with Crippen molar-refractivity contribution in [1.82, 2.24) is 0 Å². The van der Waals surface area contributed by atoms with Crippen LogP contribution in [0.5, 0.6) is 5.75 Å². The van der Waals surface area contributed by atoms with Gasteiger partial charge in [-0.15, -0.1) is 0 Å². The zero-order valence-corrected chi connectivity index (χ0v) is 13.4. The summed E-state index contributed by atoms with van der Waals surface area (Å²) in [5, 5.41) is 20.2. The number of phenols is 1. The molecule has 0 radical (unpaired) electrons. The molecule has 2 aromatic carbocycles. The SMILES string of the molecule is C=Cc1c(C(=O)O)cc(O)c2ccc(C)cc12.CC.CC. The first-order valence-electron chi connectivity index (χ1n) is 7.16. The number of fused-ring (bicyclic) bond motifs is 1. The third-order valence-corrected chi connectivity index (χ3v) is 2.75. The first-order chi connectivity index (χ1) is 10.0. The Kier molecular flexibility index (Phi) is 7.84. The van der Waals surface area contributed by atoms with Crippen molar-refractivity contribution < 1.29 is 15.0 Å². The molecule has 0 spiro atoms. The van der Waals surface area contributed by atoms with Crippen LogP contribution in [-0.4, -0.2) is 16.2 Å². The summed E-state index contributed by atoms with van der Waals surface area (Å²) in [6, 6.07) is 6.75. The first kappa shape index (κ1) is 18.7. The molecule has 2 aromatic rings. The summed E-state index contributed by atoms with van der Waals surface area (Å²) >= 11 is 0. The van der Waals surface area contributed by atoms with E-state index in [1.807, 2.05) is 46.8 Å². The lowest BCUT2D eigenvalue weighted by atomic mass is 9.96. The lowest BCUT2D eigenvalue weighted by Gasteiger charge is -2.09. The maximum atomic E-state index is 11.1. The zero-order valence-electron chi connectivity index (χ0n) is 13.4. The fraction of sp³-hybridized carbons (Fsp3) is 0.278. The molecule has 2 N–H and O–H groups in total. The Morgan fingerprint density at radius 1 is 1.10 bits per heavy atom. The largest absolute Gasteiger partial charge is 0.507 e. The maximum absolute atomic E-state index is 11.1. The second kappa shape index (κ2) is 8.80. The van der Waals surface area contributed by atoms with Crippen LogP contribution in [0.3, 0.4) is 0 Å². The molecule has 0 heterocycles. The van der Waals surface area contributed by atoms with Gasteiger partial charge in [0.05, 0.1) is 5.56 Å². The molecule has 0 saturated heterocycles. The molecule has 0 aromatic heterocycles. The van der Waals surface area contributed by atoms with E-state index in [4.69, 9.17) is 5.11 Å². The van der Waals surface area contributed by atoms with E-state index in [0.717, 1.165) is 5.56 Å². The normalized spacial score (nSPS) is 9.00. The van der Waals surface area contributed by atoms with Crippen molar-refractivity contribution in [2.24, 2.45) is 0 Å². The Balaban J connectivity index is 0.000000921. The summed E-state index contributed by atoms with van der Waals surface area (Å²) < 4.78 is 0. The molecular formula is C18H24O3. The van der Waals surface area contributed by atoms with Crippen LogP contribution in [0.2, 0.25) is 0 Å². The van der Waals surface area contributed by atoms with Crippen LogP contribution < -0.4 is 0 Å². The van der Waals surface area contributed by atoms with Gasteiger partial charge in [0.1, 0.15) is 5.75 Å². The quantitative estimate of drug-likeness (QED) is 0.793. The van der Waals surface area contributed by atoms with Gasteiger partial charge in [-0.25, -0.2) is 4.79 Å². The van der Waals surface area contributed by atoms with E-state index in [1.54, 1.807) is 6.07 Å². The highest BCUT2D eigenvalue weighted by Gasteiger charge is 2.14. The highest BCUT2D eigenvalue weighted by atomic mass is 16.4. The van der Waals surface area contributed by atoms with E-state index < -0.39 is 5.97 Å². The number of hydrogen-bond acceptors (Lipinski definition) is 2. The van der Waals surface area contributed by atoms with Gasteiger partial charge in [-0.05, 0) is 23.9 Å². The summed E-state index contributed by atoms with van der Waals surface area (Å²) in [6.07, 6.45) is 1.50. The van der Waals surface area contributed by atoms with Crippen molar-refractivity contribution in [2.75, 3.05) is 0 Å². The van der Waals surface area contributed by atoms with Crippen molar-refractivity contribution in [3.05, 3.63) is 47.5 Å². The van der Waals surface area contributed by atoms with Gasteiger partial charge in [0.25, 0.3) is 0 Å². The minimum absolute atomic E-state index is 0.0250. The minimum Gasteiger partial charge on any atom is -0.507 e. The molecule has 3 heteroatoms. The van der Waals surface area contributed by atoms with Crippen LogP contribution in [0, 0.1) is 6.92 Å². The van der Waals surface area contributed by atoms with Gasteiger partial charge in [0.2, 0.25) is 0 Å². The van der Waals surface area contributed by atoms with Gasteiger partial charge >= 0.3 is 5.97 Å². The molecule has 2 rings (SSSR count). The van der Waals surface area contributed by atoms with Crippen LogP contribution in [0.25, 0.3) is 16.8 Å². The van der Waals surface area contributed by atoms with E-state index in [9.17, 15) is 9.90 Å². The monoisotopic (exact) mass is 288 g/mol. The van der Waals surface area contributed by atoms with Crippen LogP contribution in [-0.2, 0) is 0 Å². The molecule has 0 aliphatic heterocycles. The first-order valence-corrected chi connectivity index (χ1v) is 7.16. The second-order valence-corrected chi connectivity index (χ2v) is 3.92. The van der Waals surface area contributed by atoms with Gasteiger partial charge in [-0.2, -0.15) is 0 Å². The van der Waals surface area contributed by atoms with Crippen LogP contribution >= 0.6 is 0 Å². The number of aromatic carboxylic acids is 1. The smallest absolute Gasteiger partial charge is 0.336 e. The summed E-state index contributed by atoms with van der Waals surface area (Å²) in [5.41, 5.74) is 1.60. The predicted octanol–water partition coefficient (Wildman–Crippen LogP) is 5.25. The fourth-order valence-corrected chi connectivity index (χ4v) is 1.94. The predicted molar refractivity (Wildman–Crippen MR) is 90.1 cm³/mol. The Hall–Kier alpha value is -2.29. The van der Waals surface area contributed by atoms with Crippen molar-refractivity contribution >= 4 is 22.8 Å². The lowest BCUT2D eigenvalue weighted by Crippen LogP contribution is -2.00. The summed E-state index contributed by atoms with van der Waals surface area (Å²) in [6.45, 7) is 13.6. The number of aryl methyl sites for hydroxylation is 1. The topological polar surface area (TPSA) is 57.5 Å². The number of carboxylic acid groups (broad SMARTS) is 1. The van der Waals surface area contributed by atoms with E-state index in [-0.39, 0.29) is 11.3 Å². The van der Waals surface area contributed by atoms with Gasteiger partial charge in [0.15, 0.2) is 0 Å². The average molecular weight is 288 g/mol. The van der Waals surface area contributed by atoms with E-state index in [2.05, 4.69) is 6.58 Å². The number of rotatable bonds is 2. The van der Waals surface area contributed by atoms with E-state index in [0.29, 0.717) is 16.3 Å². The molecule has 0 atom stereocenters. The summed E-state index contributed by atoms with van der Waals surface area (Å²) in [4.78, 5) is 11.1. The number of benzene rings is 2. The van der Waals surface area contributed by atoms with Crippen LogP contribution in [0.4, 0.5) is 0 Å². The number of carboxylic acids is 1. The van der Waals surface area contributed by atoms with Crippen LogP contribution in [0.15, 0.2) is 30.8 Å². The number of phenolic OH excluding ortho intramolecular Hbond substituents is 1. The van der Waals surface area contributed by atoms with E-state index in [1.165, 1.54) is 12.1 Å². The highest BCUT2D eigenvalue weighted by molar-refractivity contribution is 6.04. The average Bonchev–Trinajstić information content (AvgIpc) is 2.50. The Morgan fingerprint density at radius 2 is 1.67 bits per heavy atom. The maximum Gasteiger partial charge on any atom is 0.336 e. The molecule has 114 valence electrons. The Labute approximate surface area is 126 Å². The van der Waals surface area contributed by atoms with Crippen molar-refractivity contribution in [3.63, 3.8) is 0 Å². The van der Waals surface area contributed by atoms with Gasteiger partial charge < -0.3 is 10.2 Å². The molecule has 0 aliphatic rings. The van der Waals surface area contributed by atoms with Crippen molar-refractivity contribution in [1.29, 1.82) is 0 Å². The standard InChI is InChI=1S/C14H12O3.2C2H6/c1-3-9-11-6-8(2)4-5-10(11)13(15)7-12(9)14(16)17;2*1-2/h3-7,15H,1H2,2H3,(H,16,17);2*1-2H3.